The quantitative estimate of drug-likeness (QED) is 0.471. The van der Waals surface area contributed by atoms with Gasteiger partial charge in [0.15, 0.2) is 11.5 Å². The maximum atomic E-state index is 11.3. The van der Waals surface area contributed by atoms with Gasteiger partial charge in [0.2, 0.25) is 0 Å². The molecule has 0 spiro atoms. The lowest BCUT2D eigenvalue weighted by Crippen LogP contribution is -2.38. The van der Waals surface area contributed by atoms with Gasteiger partial charge in [-0.05, 0) is 18.3 Å². The molecule has 6 heteroatoms. The van der Waals surface area contributed by atoms with Gasteiger partial charge in [0.1, 0.15) is 0 Å². The van der Waals surface area contributed by atoms with E-state index in [2.05, 4.69) is 23.9 Å². The molecule has 1 aromatic rings. The van der Waals surface area contributed by atoms with E-state index in [0.717, 1.165) is 13.1 Å². The molecule has 0 radical (unpaired) electrons. The first kappa shape index (κ1) is 13.0. The number of nitrogens with two attached hydrogens (primary N) is 1. The first-order valence-electron chi connectivity index (χ1n) is 6.27. The molecule has 1 amide bonds. The Morgan fingerprint density at radius 2 is 2.22 bits per heavy atom. The van der Waals surface area contributed by atoms with Crippen LogP contribution in [0.5, 0.6) is 0 Å². The highest BCUT2D eigenvalue weighted by Crippen LogP contribution is 2.22. The first-order chi connectivity index (χ1) is 8.58. The van der Waals surface area contributed by atoms with Gasteiger partial charge in [-0.3, -0.25) is 15.1 Å². The van der Waals surface area contributed by atoms with Crippen molar-refractivity contribution >= 4 is 5.91 Å². The molecule has 2 rings (SSSR count). The number of piperidine rings is 1. The van der Waals surface area contributed by atoms with Gasteiger partial charge in [-0.15, -0.1) is 0 Å². The van der Waals surface area contributed by atoms with Crippen molar-refractivity contribution in [2.45, 2.75) is 26.8 Å². The number of likely N-dealkylation sites (tertiary alicyclic amines) is 1. The highest BCUT2D eigenvalue weighted by Gasteiger charge is 2.23. The maximum absolute atomic E-state index is 11.3. The van der Waals surface area contributed by atoms with E-state index in [9.17, 15) is 4.79 Å². The van der Waals surface area contributed by atoms with Gasteiger partial charge in [-0.2, -0.15) is 0 Å². The van der Waals surface area contributed by atoms with Crippen molar-refractivity contribution in [2.75, 3.05) is 13.1 Å². The van der Waals surface area contributed by atoms with E-state index in [0.29, 0.717) is 24.1 Å². The lowest BCUT2D eigenvalue weighted by atomic mass is 9.92. The summed E-state index contributed by atoms with van der Waals surface area (Å²) in [6.45, 7) is 7.33. The molecule has 1 fully saturated rings. The van der Waals surface area contributed by atoms with Crippen molar-refractivity contribution in [1.82, 2.24) is 15.5 Å². The zero-order chi connectivity index (χ0) is 13.1. The standard InChI is InChI=1S/C12H20N4O2/c1-8-3-9(2)6-16(5-8)7-10-4-11(15-18-10)12(17)14-13/h4,8-9H,3,5-7,13H2,1-2H3,(H,14,17). The predicted molar refractivity (Wildman–Crippen MR) is 66.4 cm³/mol. The second-order valence-corrected chi connectivity index (χ2v) is 5.29. The highest BCUT2D eigenvalue weighted by molar-refractivity contribution is 5.91. The molecular weight excluding hydrogens is 232 g/mol. The Bertz CT molecular complexity index is 408. The van der Waals surface area contributed by atoms with E-state index in [-0.39, 0.29) is 5.69 Å². The summed E-state index contributed by atoms with van der Waals surface area (Å²) in [5, 5.41) is 3.70. The van der Waals surface area contributed by atoms with Crippen LogP contribution in [0.4, 0.5) is 0 Å². The van der Waals surface area contributed by atoms with Crippen LogP contribution in [-0.2, 0) is 6.54 Å². The SMILES string of the molecule is CC1CC(C)CN(Cc2cc(C(=O)NN)no2)C1. The third kappa shape index (κ3) is 3.08. The van der Waals surface area contributed by atoms with Crippen LogP contribution in [0.25, 0.3) is 0 Å². The second-order valence-electron chi connectivity index (χ2n) is 5.29. The van der Waals surface area contributed by atoms with Crippen molar-refractivity contribution in [3.05, 3.63) is 17.5 Å². The van der Waals surface area contributed by atoms with Gasteiger partial charge >= 0.3 is 0 Å². The van der Waals surface area contributed by atoms with Gasteiger partial charge in [0.05, 0.1) is 6.54 Å². The fourth-order valence-electron chi connectivity index (χ4n) is 2.71. The molecular formula is C12H20N4O2. The minimum atomic E-state index is -0.426. The van der Waals surface area contributed by atoms with Crippen molar-refractivity contribution < 1.29 is 9.32 Å². The number of carbonyl (C=O) groups excluding carboxylic acids is 1. The summed E-state index contributed by atoms with van der Waals surface area (Å²) in [5.74, 6) is 6.72. The Hall–Kier alpha value is -1.40. The number of amides is 1. The molecule has 1 aromatic heterocycles. The molecule has 2 heterocycles. The minimum absolute atomic E-state index is 0.227. The Balaban J connectivity index is 1.96. The number of nitrogens with zero attached hydrogens (tertiary/aromatic N) is 2. The minimum Gasteiger partial charge on any atom is -0.359 e. The van der Waals surface area contributed by atoms with E-state index >= 15 is 0 Å². The number of aromatic nitrogens is 1. The van der Waals surface area contributed by atoms with E-state index in [1.54, 1.807) is 6.07 Å². The number of nitrogens with one attached hydrogen (secondary N) is 1. The van der Waals surface area contributed by atoms with Crippen LogP contribution in [0.3, 0.4) is 0 Å². The van der Waals surface area contributed by atoms with Gasteiger partial charge in [-0.25, -0.2) is 5.84 Å². The van der Waals surface area contributed by atoms with Gasteiger partial charge in [0, 0.05) is 19.2 Å². The summed E-state index contributed by atoms with van der Waals surface area (Å²) in [6.07, 6.45) is 1.27. The predicted octanol–water partition coefficient (Wildman–Crippen LogP) is 0.756. The molecule has 1 aliphatic rings. The molecule has 0 bridgehead atoms. The lowest BCUT2D eigenvalue weighted by Gasteiger charge is -2.34. The summed E-state index contributed by atoms with van der Waals surface area (Å²) in [5.41, 5.74) is 2.26. The summed E-state index contributed by atoms with van der Waals surface area (Å²) in [4.78, 5) is 13.6. The molecule has 1 saturated heterocycles. The van der Waals surface area contributed by atoms with Crippen molar-refractivity contribution in [3.63, 3.8) is 0 Å². The van der Waals surface area contributed by atoms with Crippen LogP contribution >= 0.6 is 0 Å². The van der Waals surface area contributed by atoms with Crippen LogP contribution in [0, 0.1) is 11.8 Å². The van der Waals surface area contributed by atoms with E-state index < -0.39 is 5.91 Å². The maximum Gasteiger partial charge on any atom is 0.287 e. The van der Waals surface area contributed by atoms with E-state index in [1.807, 2.05) is 5.43 Å². The van der Waals surface area contributed by atoms with Crippen LogP contribution in [0.1, 0.15) is 36.5 Å². The average Bonchev–Trinajstić information content (AvgIpc) is 2.75. The van der Waals surface area contributed by atoms with Gasteiger partial charge in [0.25, 0.3) is 5.91 Å². The third-order valence-electron chi connectivity index (χ3n) is 3.25. The van der Waals surface area contributed by atoms with Crippen molar-refractivity contribution in [2.24, 2.45) is 17.7 Å². The third-order valence-corrected chi connectivity index (χ3v) is 3.25. The van der Waals surface area contributed by atoms with Crippen LogP contribution in [0.15, 0.2) is 10.6 Å². The normalized spacial score (nSPS) is 25.1. The summed E-state index contributed by atoms with van der Waals surface area (Å²) in [6, 6.07) is 1.64. The molecule has 18 heavy (non-hydrogen) atoms. The number of hydrogen-bond donors (Lipinski definition) is 2. The molecule has 0 saturated carbocycles. The monoisotopic (exact) mass is 252 g/mol. The number of hydrogen-bond acceptors (Lipinski definition) is 5. The number of nitrogen functional groups attached to an aromatic ring is 1. The van der Waals surface area contributed by atoms with E-state index in [1.165, 1.54) is 6.42 Å². The molecule has 100 valence electrons. The molecule has 2 unspecified atom stereocenters. The number of rotatable bonds is 3. The topological polar surface area (TPSA) is 84.4 Å². The number of hydrazine groups is 1. The lowest BCUT2D eigenvalue weighted by molar-refractivity contribution is 0.0944. The molecule has 2 atom stereocenters. The zero-order valence-corrected chi connectivity index (χ0v) is 10.8. The van der Waals surface area contributed by atoms with Crippen LogP contribution in [-0.4, -0.2) is 29.1 Å². The van der Waals surface area contributed by atoms with Crippen LogP contribution in [0.2, 0.25) is 0 Å². The molecule has 6 nitrogen and oxygen atoms in total. The fraction of sp³-hybridized carbons (Fsp3) is 0.667. The molecule has 1 aliphatic heterocycles. The largest absolute Gasteiger partial charge is 0.359 e. The fourth-order valence-corrected chi connectivity index (χ4v) is 2.71. The second kappa shape index (κ2) is 5.49. The Morgan fingerprint density at radius 1 is 1.56 bits per heavy atom. The Kier molecular flexibility index (Phi) is 3.98. The zero-order valence-electron chi connectivity index (χ0n) is 10.8. The van der Waals surface area contributed by atoms with Gasteiger partial charge in [-0.1, -0.05) is 19.0 Å². The van der Waals surface area contributed by atoms with Crippen molar-refractivity contribution in [1.29, 1.82) is 0 Å². The summed E-state index contributed by atoms with van der Waals surface area (Å²) < 4.78 is 5.15. The molecule has 0 aliphatic carbocycles. The highest BCUT2D eigenvalue weighted by atomic mass is 16.5. The van der Waals surface area contributed by atoms with Gasteiger partial charge < -0.3 is 4.52 Å². The number of carbonyl (C=O) groups is 1. The average molecular weight is 252 g/mol. The van der Waals surface area contributed by atoms with Crippen molar-refractivity contribution in [3.8, 4) is 0 Å². The molecule has 0 aromatic carbocycles. The Labute approximate surface area is 106 Å². The Morgan fingerprint density at radius 3 is 2.83 bits per heavy atom. The first-order valence-corrected chi connectivity index (χ1v) is 6.27. The van der Waals surface area contributed by atoms with E-state index in [4.69, 9.17) is 10.4 Å². The summed E-state index contributed by atoms with van der Waals surface area (Å²) >= 11 is 0. The molecule has 3 N–H and O–H groups in total. The van der Waals surface area contributed by atoms with Crippen LogP contribution < -0.4 is 11.3 Å². The summed E-state index contributed by atoms with van der Waals surface area (Å²) in [7, 11) is 0. The smallest absolute Gasteiger partial charge is 0.287 e.